The molecule has 22 heavy (non-hydrogen) atoms. The van der Waals surface area contributed by atoms with Gasteiger partial charge in [0, 0.05) is 18.9 Å². The zero-order valence-electron chi connectivity index (χ0n) is 13.1. The summed E-state index contributed by atoms with van der Waals surface area (Å²) in [5, 5.41) is 2.93. The summed E-state index contributed by atoms with van der Waals surface area (Å²) in [6.45, 7) is 6.09. The summed E-state index contributed by atoms with van der Waals surface area (Å²) in [4.78, 5) is 15.9. The summed E-state index contributed by atoms with van der Waals surface area (Å²) in [7, 11) is 0. The van der Waals surface area contributed by atoms with Crippen LogP contribution in [0.15, 0.2) is 34.9 Å². The minimum atomic E-state index is -0.353. The molecule has 1 unspecified atom stereocenters. The van der Waals surface area contributed by atoms with E-state index in [2.05, 4.69) is 24.1 Å². The van der Waals surface area contributed by atoms with Crippen LogP contribution in [0.25, 0.3) is 11.3 Å². The number of carbonyl (C=O) groups excluding carboxylic acids is 1. The van der Waals surface area contributed by atoms with Crippen LogP contribution in [0.5, 0.6) is 0 Å². The Balaban J connectivity index is 1.93. The lowest BCUT2D eigenvalue weighted by molar-refractivity contribution is -0.122. The highest BCUT2D eigenvalue weighted by Crippen LogP contribution is 2.23. The molecule has 0 spiro atoms. The van der Waals surface area contributed by atoms with Gasteiger partial charge in [-0.1, -0.05) is 26.0 Å². The monoisotopic (exact) mass is 304 g/mol. The highest BCUT2D eigenvalue weighted by molar-refractivity contribution is 5.76. The fourth-order valence-electron chi connectivity index (χ4n) is 1.92. The van der Waals surface area contributed by atoms with Gasteiger partial charge < -0.3 is 9.73 Å². The molecule has 0 aliphatic heterocycles. The van der Waals surface area contributed by atoms with Crippen LogP contribution >= 0.6 is 0 Å². The number of aromatic nitrogens is 1. The van der Waals surface area contributed by atoms with Crippen molar-refractivity contribution in [2.24, 2.45) is 5.92 Å². The van der Waals surface area contributed by atoms with Gasteiger partial charge in [0.25, 0.3) is 0 Å². The van der Waals surface area contributed by atoms with E-state index < -0.39 is 0 Å². The van der Waals surface area contributed by atoms with Gasteiger partial charge in [-0.05, 0) is 25.0 Å². The molecule has 5 heteroatoms. The molecule has 1 atom stereocenters. The van der Waals surface area contributed by atoms with Crippen molar-refractivity contribution >= 4 is 5.91 Å². The second-order valence-electron chi connectivity index (χ2n) is 5.70. The molecule has 1 heterocycles. The van der Waals surface area contributed by atoms with Gasteiger partial charge in [0.1, 0.15) is 5.82 Å². The lowest BCUT2D eigenvalue weighted by Gasteiger charge is -2.16. The molecule has 0 aliphatic rings. The summed E-state index contributed by atoms with van der Waals surface area (Å²) >= 11 is 0. The second kappa shape index (κ2) is 7.20. The third kappa shape index (κ3) is 4.16. The molecule has 1 N–H and O–H groups in total. The summed E-state index contributed by atoms with van der Waals surface area (Å²) in [6.07, 6.45) is 2.18. The Bertz CT molecular complexity index is 637. The van der Waals surface area contributed by atoms with Gasteiger partial charge in [-0.3, -0.25) is 4.79 Å². The zero-order chi connectivity index (χ0) is 16.1. The number of amides is 1. The Morgan fingerprint density at radius 3 is 2.73 bits per heavy atom. The van der Waals surface area contributed by atoms with Crippen LogP contribution in [0.4, 0.5) is 4.39 Å². The molecule has 4 nitrogen and oxygen atoms in total. The van der Waals surface area contributed by atoms with Crippen molar-refractivity contribution in [2.75, 3.05) is 0 Å². The van der Waals surface area contributed by atoms with Gasteiger partial charge in [-0.15, -0.1) is 0 Å². The van der Waals surface area contributed by atoms with Gasteiger partial charge in [0.15, 0.2) is 11.7 Å². The fourth-order valence-corrected chi connectivity index (χ4v) is 1.92. The lowest BCUT2D eigenvalue weighted by atomic mass is 10.1. The van der Waals surface area contributed by atoms with E-state index in [9.17, 15) is 9.18 Å². The van der Waals surface area contributed by atoms with Crippen LogP contribution in [0.1, 0.15) is 33.1 Å². The standard InChI is InChI=1S/C17H21FN2O2/c1-11(2)12(3)20-16(21)8-9-17-19-10-15(22-17)13-6-4-5-7-14(13)18/h4-7,10-12H,8-9H2,1-3H3,(H,20,21). The first-order valence-corrected chi connectivity index (χ1v) is 7.46. The van der Waals surface area contributed by atoms with E-state index in [0.717, 1.165) is 0 Å². The fraction of sp³-hybridized carbons (Fsp3) is 0.412. The van der Waals surface area contributed by atoms with E-state index in [1.54, 1.807) is 18.2 Å². The van der Waals surface area contributed by atoms with Gasteiger partial charge in [0.05, 0.1) is 11.8 Å². The number of halogens is 1. The third-order valence-corrected chi connectivity index (χ3v) is 3.65. The number of carbonyl (C=O) groups is 1. The topological polar surface area (TPSA) is 55.1 Å². The first kappa shape index (κ1) is 16.2. The van der Waals surface area contributed by atoms with Crippen LogP contribution in [0.2, 0.25) is 0 Å². The lowest BCUT2D eigenvalue weighted by Crippen LogP contribution is -2.36. The predicted molar refractivity (Wildman–Crippen MR) is 82.7 cm³/mol. The van der Waals surface area contributed by atoms with Crippen molar-refractivity contribution in [3.63, 3.8) is 0 Å². The Hall–Kier alpha value is -2.17. The van der Waals surface area contributed by atoms with Crippen LogP contribution in [0.3, 0.4) is 0 Å². The summed E-state index contributed by atoms with van der Waals surface area (Å²) < 4.78 is 19.2. The third-order valence-electron chi connectivity index (χ3n) is 3.65. The number of nitrogens with zero attached hydrogens (tertiary/aromatic N) is 1. The molecule has 0 saturated heterocycles. The van der Waals surface area contributed by atoms with Gasteiger partial charge in [0.2, 0.25) is 5.91 Å². The number of hydrogen-bond acceptors (Lipinski definition) is 3. The number of benzene rings is 1. The van der Waals surface area contributed by atoms with Crippen molar-refractivity contribution in [3.05, 3.63) is 42.2 Å². The number of nitrogens with one attached hydrogen (secondary N) is 1. The Morgan fingerprint density at radius 2 is 2.05 bits per heavy atom. The number of rotatable bonds is 6. The van der Waals surface area contributed by atoms with E-state index in [1.165, 1.54) is 12.3 Å². The van der Waals surface area contributed by atoms with Crippen LogP contribution in [-0.2, 0) is 11.2 Å². The number of aryl methyl sites for hydroxylation is 1. The molecule has 1 amide bonds. The van der Waals surface area contributed by atoms with Crippen LogP contribution < -0.4 is 5.32 Å². The van der Waals surface area contributed by atoms with Crippen molar-refractivity contribution in [2.45, 2.75) is 39.7 Å². The van der Waals surface area contributed by atoms with Gasteiger partial charge in [-0.25, -0.2) is 9.37 Å². The smallest absolute Gasteiger partial charge is 0.220 e. The van der Waals surface area contributed by atoms with E-state index in [1.807, 2.05) is 6.92 Å². The summed E-state index contributed by atoms with van der Waals surface area (Å²) in [5.41, 5.74) is 0.374. The van der Waals surface area contributed by atoms with Crippen molar-refractivity contribution in [1.82, 2.24) is 10.3 Å². The quantitative estimate of drug-likeness (QED) is 0.887. The Labute approximate surface area is 129 Å². The molecule has 0 saturated carbocycles. The van der Waals surface area contributed by atoms with Gasteiger partial charge in [-0.2, -0.15) is 0 Å². The normalized spacial score (nSPS) is 12.4. The van der Waals surface area contributed by atoms with Crippen molar-refractivity contribution < 1.29 is 13.6 Å². The minimum Gasteiger partial charge on any atom is -0.441 e. The maximum absolute atomic E-state index is 13.7. The first-order valence-electron chi connectivity index (χ1n) is 7.46. The molecular weight excluding hydrogens is 283 g/mol. The summed E-state index contributed by atoms with van der Waals surface area (Å²) in [5.74, 6) is 0.813. The molecule has 0 bridgehead atoms. The molecule has 118 valence electrons. The average molecular weight is 304 g/mol. The second-order valence-corrected chi connectivity index (χ2v) is 5.70. The predicted octanol–water partition coefficient (Wildman–Crippen LogP) is 3.57. The van der Waals surface area contributed by atoms with E-state index in [0.29, 0.717) is 36.0 Å². The van der Waals surface area contributed by atoms with Gasteiger partial charge >= 0.3 is 0 Å². The van der Waals surface area contributed by atoms with E-state index >= 15 is 0 Å². The molecule has 0 fully saturated rings. The summed E-state index contributed by atoms with van der Waals surface area (Å²) in [6, 6.07) is 6.50. The highest BCUT2D eigenvalue weighted by atomic mass is 19.1. The number of hydrogen-bond donors (Lipinski definition) is 1. The molecular formula is C17H21FN2O2. The van der Waals surface area contributed by atoms with Crippen molar-refractivity contribution in [3.8, 4) is 11.3 Å². The molecule has 2 rings (SSSR count). The maximum atomic E-state index is 13.7. The molecule has 1 aromatic heterocycles. The largest absolute Gasteiger partial charge is 0.441 e. The van der Waals surface area contributed by atoms with E-state index in [-0.39, 0.29) is 17.8 Å². The van der Waals surface area contributed by atoms with E-state index in [4.69, 9.17) is 4.42 Å². The molecule has 0 aliphatic carbocycles. The number of oxazole rings is 1. The minimum absolute atomic E-state index is 0.0353. The highest BCUT2D eigenvalue weighted by Gasteiger charge is 2.13. The van der Waals surface area contributed by atoms with Crippen LogP contribution in [0, 0.1) is 11.7 Å². The zero-order valence-corrected chi connectivity index (χ0v) is 13.1. The Morgan fingerprint density at radius 1 is 1.32 bits per heavy atom. The molecule has 0 radical (unpaired) electrons. The van der Waals surface area contributed by atoms with Crippen molar-refractivity contribution in [1.29, 1.82) is 0 Å². The molecule has 2 aromatic rings. The average Bonchev–Trinajstić information content (AvgIpc) is 2.94. The molecule has 1 aromatic carbocycles. The SMILES string of the molecule is CC(C)C(C)NC(=O)CCc1ncc(-c2ccccc2F)o1. The first-order chi connectivity index (χ1) is 10.5. The Kier molecular flexibility index (Phi) is 5.31. The van der Waals surface area contributed by atoms with Crippen LogP contribution in [-0.4, -0.2) is 16.9 Å². The maximum Gasteiger partial charge on any atom is 0.220 e.